The van der Waals surface area contributed by atoms with Crippen molar-refractivity contribution in [2.45, 2.75) is 0 Å². The largest absolute Gasteiger partial charge is 0.508 e. The summed E-state index contributed by atoms with van der Waals surface area (Å²) in [5.74, 6) is -0.0741. The first kappa shape index (κ1) is 11.0. The van der Waals surface area contributed by atoms with Crippen LogP contribution in [-0.2, 0) is 0 Å². The van der Waals surface area contributed by atoms with Gasteiger partial charge in [-0.05, 0) is 42.5 Å². The molecule has 0 aliphatic rings. The first-order valence-electron chi connectivity index (χ1n) is 5.11. The van der Waals surface area contributed by atoms with Gasteiger partial charge in [0.05, 0.1) is 0 Å². The molecule has 2 aromatic rings. The highest BCUT2D eigenvalue weighted by Crippen LogP contribution is 2.15. The summed E-state index contributed by atoms with van der Waals surface area (Å²) in [7, 11) is 0. The topological polar surface area (TPSA) is 75.4 Å². The Hall–Kier alpha value is -2.49. The molecule has 0 aromatic heterocycles. The molecule has 0 saturated carbocycles. The van der Waals surface area contributed by atoms with Crippen molar-refractivity contribution < 1.29 is 9.90 Å². The molecule has 0 radical (unpaired) electrons. The molecular weight excluding hydrogens is 216 g/mol. The predicted octanol–water partition coefficient (Wildman–Crippen LogP) is 2.23. The number of nitrogens with two attached hydrogens (primary N) is 1. The molecule has 0 bridgehead atoms. The van der Waals surface area contributed by atoms with Crippen LogP contribution in [0.15, 0.2) is 48.5 Å². The SMILES string of the molecule is Nc1cccc(C(=O)Nc2ccc(O)cc2)c1. The van der Waals surface area contributed by atoms with E-state index in [1.54, 1.807) is 36.4 Å². The number of amides is 1. The molecule has 0 heterocycles. The minimum Gasteiger partial charge on any atom is -0.508 e. The van der Waals surface area contributed by atoms with E-state index >= 15 is 0 Å². The number of benzene rings is 2. The third-order valence-corrected chi connectivity index (χ3v) is 2.27. The maximum atomic E-state index is 11.8. The quantitative estimate of drug-likeness (QED) is 0.545. The lowest BCUT2D eigenvalue weighted by atomic mass is 10.2. The van der Waals surface area contributed by atoms with E-state index in [0.717, 1.165) is 0 Å². The first-order chi connectivity index (χ1) is 8.15. The van der Waals surface area contributed by atoms with Gasteiger partial charge in [0.25, 0.3) is 5.91 Å². The molecule has 0 aliphatic carbocycles. The standard InChI is InChI=1S/C13H12N2O2/c14-10-3-1-2-9(8-10)13(17)15-11-4-6-12(16)7-5-11/h1-8,16H,14H2,(H,15,17). The van der Waals surface area contributed by atoms with E-state index in [-0.39, 0.29) is 11.7 Å². The molecule has 1 amide bonds. The average Bonchev–Trinajstić information content (AvgIpc) is 2.32. The van der Waals surface area contributed by atoms with Gasteiger partial charge in [0, 0.05) is 16.9 Å². The summed E-state index contributed by atoms with van der Waals surface area (Å²) in [4.78, 5) is 11.8. The second-order valence-corrected chi connectivity index (χ2v) is 3.63. The smallest absolute Gasteiger partial charge is 0.255 e. The zero-order chi connectivity index (χ0) is 12.3. The summed E-state index contributed by atoms with van der Waals surface area (Å²) in [5, 5.41) is 11.8. The van der Waals surface area contributed by atoms with Crippen LogP contribution in [0, 0.1) is 0 Å². The van der Waals surface area contributed by atoms with Gasteiger partial charge in [-0.2, -0.15) is 0 Å². The van der Waals surface area contributed by atoms with Crippen molar-refractivity contribution in [3.63, 3.8) is 0 Å². The van der Waals surface area contributed by atoms with E-state index in [9.17, 15) is 4.79 Å². The third-order valence-electron chi connectivity index (χ3n) is 2.27. The molecule has 0 aliphatic heterocycles. The fraction of sp³-hybridized carbons (Fsp3) is 0. The molecule has 0 unspecified atom stereocenters. The molecule has 4 heteroatoms. The average molecular weight is 228 g/mol. The van der Waals surface area contributed by atoms with Gasteiger partial charge in [-0.1, -0.05) is 6.07 Å². The Bertz CT molecular complexity index is 535. The van der Waals surface area contributed by atoms with Crippen LogP contribution in [0.2, 0.25) is 0 Å². The van der Waals surface area contributed by atoms with Gasteiger partial charge in [0.1, 0.15) is 5.75 Å². The zero-order valence-electron chi connectivity index (χ0n) is 9.05. The number of nitrogen functional groups attached to an aromatic ring is 1. The Balaban J connectivity index is 2.14. The fourth-order valence-corrected chi connectivity index (χ4v) is 1.43. The number of anilines is 2. The number of phenols is 1. The molecule has 2 rings (SSSR count). The van der Waals surface area contributed by atoms with Crippen molar-refractivity contribution in [2.75, 3.05) is 11.1 Å². The first-order valence-corrected chi connectivity index (χ1v) is 5.11. The highest BCUT2D eigenvalue weighted by molar-refractivity contribution is 6.04. The summed E-state index contributed by atoms with van der Waals surface area (Å²) in [6.07, 6.45) is 0. The van der Waals surface area contributed by atoms with E-state index < -0.39 is 0 Å². The predicted molar refractivity (Wildman–Crippen MR) is 66.9 cm³/mol. The van der Waals surface area contributed by atoms with Crippen LogP contribution in [0.4, 0.5) is 11.4 Å². The fourth-order valence-electron chi connectivity index (χ4n) is 1.43. The van der Waals surface area contributed by atoms with Gasteiger partial charge < -0.3 is 16.2 Å². The second kappa shape index (κ2) is 4.57. The molecule has 17 heavy (non-hydrogen) atoms. The maximum Gasteiger partial charge on any atom is 0.255 e. The van der Waals surface area contributed by atoms with Crippen molar-refractivity contribution in [3.05, 3.63) is 54.1 Å². The molecule has 0 atom stereocenters. The third kappa shape index (κ3) is 2.75. The Morgan fingerprint density at radius 2 is 1.82 bits per heavy atom. The molecule has 0 saturated heterocycles. The number of aromatic hydroxyl groups is 1. The van der Waals surface area contributed by atoms with Crippen LogP contribution >= 0.6 is 0 Å². The molecule has 86 valence electrons. The normalized spacial score (nSPS) is 9.88. The van der Waals surface area contributed by atoms with E-state index in [2.05, 4.69) is 5.32 Å². The Morgan fingerprint density at radius 1 is 1.12 bits per heavy atom. The summed E-state index contributed by atoms with van der Waals surface area (Å²) >= 11 is 0. The van der Waals surface area contributed by atoms with E-state index in [4.69, 9.17) is 10.8 Å². The van der Waals surface area contributed by atoms with Gasteiger partial charge in [-0.3, -0.25) is 4.79 Å². The Morgan fingerprint density at radius 3 is 2.47 bits per heavy atom. The number of phenolic OH excluding ortho intramolecular Hbond substituents is 1. The van der Waals surface area contributed by atoms with Gasteiger partial charge in [-0.25, -0.2) is 0 Å². The Kier molecular flexibility index (Phi) is 2.96. The van der Waals surface area contributed by atoms with E-state index in [1.165, 1.54) is 12.1 Å². The van der Waals surface area contributed by atoms with Gasteiger partial charge in [-0.15, -0.1) is 0 Å². The summed E-state index contributed by atoms with van der Waals surface area (Å²) in [5.41, 5.74) is 7.26. The second-order valence-electron chi connectivity index (χ2n) is 3.63. The van der Waals surface area contributed by atoms with Crippen LogP contribution in [0.1, 0.15) is 10.4 Å². The highest BCUT2D eigenvalue weighted by Gasteiger charge is 2.05. The highest BCUT2D eigenvalue weighted by atomic mass is 16.3. The van der Waals surface area contributed by atoms with Gasteiger partial charge in [0.2, 0.25) is 0 Å². The maximum absolute atomic E-state index is 11.8. The number of hydrogen-bond donors (Lipinski definition) is 3. The molecule has 4 nitrogen and oxygen atoms in total. The van der Waals surface area contributed by atoms with Crippen molar-refractivity contribution in [3.8, 4) is 5.75 Å². The summed E-state index contributed by atoms with van der Waals surface area (Å²) in [6, 6.07) is 13.0. The van der Waals surface area contributed by atoms with Crippen molar-refractivity contribution in [1.29, 1.82) is 0 Å². The monoisotopic (exact) mass is 228 g/mol. The number of hydrogen-bond acceptors (Lipinski definition) is 3. The van der Waals surface area contributed by atoms with Crippen molar-refractivity contribution >= 4 is 17.3 Å². The number of carbonyl (C=O) groups is 1. The number of rotatable bonds is 2. The van der Waals surface area contributed by atoms with Crippen LogP contribution in [0.3, 0.4) is 0 Å². The zero-order valence-corrected chi connectivity index (χ0v) is 9.05. The minimum absolute atomic E-state index is 0.159. The molecule has 0 fully saturated rings. The van der Waals surface area contributed by atoms with E-state index in [0.29, 0.717) is 16.9 Å². The van der Waals surface area contributed by atoms with Crippen LogP contribution < -0.4 is 11.1 Å². The van der Waals surface area contributed by atoms with Crippen LogP contribution in [-0.4, -0.2) is 11.0 Å². The van der Waals surface area contributed by atoms with Gasteiger partial charge >= 0.3 is 0 Å². The lowest BCUT2D eigenvalue weighted by molar-refractivity contribution is 0.102. The lowest BCUT2D eigenvalue weighted by Crippen LogP contribution is -2.11. The lowest BCUT2D eigenvalue weighted by Gasteiger charge is -2.05. The van der Waals surface area contributed by atoms with E-state index in [1.807, 2.05) is 0 Å². The molecule has 2 aromatic carbocycles. The van der Waals surface area contributed by atoms with Crippen LogP contribution in [0.25, 0.3) is 0 Å². The van der Waals surface area contributed by atoms with Crippen molar-refractivity contribution in [2.24, 2.45) is 0 Å². The molecule has 4 N–H and O–H groups in total. The van der Waals surface area contributed by atoms with Gasteiger partial charge in [0.15, 0.2) is 0 Å². The summed E-state index contributed by atoms with van der Waals surface area (Å²) < 4.78 is 0. The molecule has 0 spiro atoms. The minimum atomic E-state index is -0.233. The summed E-state index contributed by atoms with van der Waals surface area (Å²) in [6.45, 7) is 0. The van der Waals surface area contributed by atoms with Crippen molar-refractivity contribution in [1.82, 2.24) is 0 Å². The Labute approximate surface area is 98.7 Å². The van der Waals surface area contributed by atoms with Crippen LogP contribution in [0.5, 0.6) is 5.75 Å². The molecular formula is C13H12N2O2. The number of carbonyl (C=O) groups excluding carboxylic acids is 1. The number of nitrogens with one attached hydrogen (secondary N) is 1.